The molecule has 2 aliphatic heterocycles. The SMILES string of the molecule is CCc1ccccc1N1C(=O)NC(=O)/C(=C/c2cc3c(cc2OC)N(CC)C(C)(C)CC3C)C1=O. The van der Waals surface area contributed by atoms with Gasteiger partial charge in [0.1, 0.15) is 11.3 Å². The van der Waals surface area contributed by atoms with Gasteiger partial charge in [-0.2, -0.15) is 0 Å². The number of ether oxygens (including phenoxy) is 1. The molecular weight excluding hydrogens is 442 g/mol. The molecule has 2 heterocycles. The molecule has 0 saturated carbocycles. The second-order valence-corrected chi connectivity index (χ2v) is 9.75. The highest BCUT2D eigenvalue weighted by Crippen LogP contribution is 2.46. The third kappa shape index (κ3) is 4.20. The number of fused-ring (bicyclic) bond motifs is 1. The van der Waals surface area contributed by atoms with Crippen molar-refractivity contribution in [1.82, 2.24) is 5.32 Å². The van der Waals surface area contributed by atoms with Crippen LogP contribution >= 0.6 is 0 Å². The van der Waals surface area contributed by atoms with Crippen molar-refractivity contribution in [3.63, 3.8) is 0 Å². The Morgan fingerprint density at radius 3 is 2.49 bits per heavy atom. The van der Waals surface area contributed by atoms with E-state index in [0.29, 0.717) is 23.4 Å². The number of carbonyl (C=O) groups is 3. The van der Waals surface area contributed by atoms with E-state index < -0.39 is 17.8 Å². The molecule has 0 bridgehead atoms. The number of hydrogen-bond donors (Lipinski definition) is 1. The lowest BCUT2D eigenvalue weighted by Crippen LogP contribution is -2.54. The van der Waals surface area contributed by atoms with Crippen LogP contribution < -0.4 is 19.9 Å². The number of aryl methyl sites for hydroxylation is 1. The summed E-state index contributed by atoms with van der Waals surface area (Å²) < 4.78 is 5.69. The number of carbonyl (C=O) groups excluding carboxylic acids is 3. The van der Waals surface area contributed by atoms with E-state index in [0.717, 1.165) is 34.7 Å². The summed E-state index contributed by atoms with van der Waals surface area (Å²) in [4.78, 5) is 42.4. The first-order chi connectivity index (χ1) is 16.6. The molecule has 184 valence electrons. The van der Waals surface area contributed by atoms with Crippen LogP contribution in [0.25, 0.3) is 6.08 Å². The Hall–Kier alpha value is -3.61. The van der Waals surface area contributed by atoms with E-state index in [2.05, 4.69) is 37.9 Å². The summed E-state index contributed by atoms with van der Waals surface area (Å²) in [6.45, 7) is 11.6. The highest BCUT2D eigenvalue weighted by molar-refractivity contribution is 6.39. The Morgan fingerprint density at radius 2 is 1.83 bits per heavy atom. The number of barbiturate groups is 1. The van der Waals surface area contributed by atoms with E-state index in [4.69, 9.17) is 4.74 Å². The van der Waals surface area contributed by atoms with Gasteiger partial charge in [0.2, 0.25) is 0 Å². The van der Waals surface area contributed by atoms with Gasteiger partial charge in [-0.3, -0.25) is 14.9 Å². The van der Waals surface area contributed by atoms with Gasteiger partial charge < -0.3 is 9.64 Å². The number of methoxy groups -OCH3 is 1. The van der Waals surface area contributed by atoms with Crippen LogP contribution in [0.3, 0.4) is 0 Å². The number of imide groups is 2. The van der Waals surface area contributed by atoms with E-state index in [1.54, 1.807) is 19.2 Å². The van der Waals surface area contributed by atoms with Gasteiger partial charge >= 0.3 is 6.03 Å². The maximum Gasteiger partial charge on any atom is 0.335 e. The summed E-state index contributed by atoms with van der Waals surface area (Å²) in [6.07, 6.45) is 3.15. The number of urea groups is 1. The number of hydrogen-bond acceptors (Lipinski definition) is 5. The lowest BCUT2D eigenvalue weighted by Gasteiger charge is -2.47. The Kier molecular flexibility index (Phi) is 6.45. The fraction of sp³-hybridized carbons (Fsp3) is 0.393. The molecule has 0 aromatic heterocycles. The zero-order valence-electron chi connectivity index (χ0n) is 21.3. The topological polar surface area (TPSA) is 79.0 Å². The van der Waals surface area contributed by atoms with Crippen LogP contribution in [0.2, 0.25) is 0 Å². The van der Waals surface area contributed by atoms with Crippen LogP contribution in [0.5, 0.6) is 5.75 Å². The number of amides is 4. The van der Waals surface area contributed by atoms with Gasteiger partial charge in [-0.15, -0.1) is 0 Å². The van der Waals surface area contributed by atoms with Gasteiger partial charge in [0.15, 0.2) is 0 Å². The molecule has 1 atom stereocenters. The maximum atomic E-state index is 13.5. The van der Waals surface area contributed by atoms with Gasteiger partial charge in [0.25, 0.3) is 11.8 Å². The quantitative estimate of drug-likeness (QED) is 0.484. The van der Waals surface area contributed by atoms with Crippen LogP contribution in [0.4, 0.5) is 16.2 Å². The molecule has 4 rings (SSSR count). The lowest BCUT2D eigenvalue weighted by atomic mass is 9.79. The molecule has 35 heavy (non-hydrogen) atoms. The van der Waals surface area contributed by atoms with Crippen molar-refractivity contribution < 1.29 is 19.1 Å². The molecule has 0 aliphatic carbocycles. The minimum atomic E-state index is -0.745. The normalized spacial score (nSPS) is 20.7. The number of benzene rings is 2. The first kappa shape index (κ1) is 24.5. The zero-order chi connectivity index (χ0) is 25.5. The van der Waals surface area contributed by atoms with Crippen LogP contribution in [0.15, 0.2) is 42.0 Å². The average Bonchev–Trinajstić information content (AvgIpc) is 2.81. The lowest BCUT2D eigenvalue weighted by molar-refractivity contribution is -0.122. The van der Waals surface area contributed by atoms with Crippen molar-refractivity contribution in [2.24, 2.45) is 0 Å². The highest BCUT2D eigenvalue weighted by atomic mass is 16.5. The monoisotopic (exact) mass is 475 g/mol. The van der Waals surface area contributed by atoms with Gasteiger partial charge in [-0.25, -0.2) is 9.69 Å². The molecule has 7 nitrogen and oxygen atoms in total. The van der Waals surface area contributed by atoms with Crippen molar-refractivity contribution in [2.45, 2.75) is 58.9 Å². The smallest absolute Gasteiger partial charge is 0.335 e. The summed E-state index contributed by atoms with van der Waals surface area (Å²) in [6, 6.07) is 10.5. The van der Waals surface area contributed by atoms with Gasteiger partial charge in [0.05, 0.1) is 12.8 Å². The Bertz CT molecular complexity index is 1230. The molecule has 1 fully saturated rings. The molecule has 1 saturated heterocycles. The predicted molar refractivity (Wildman–Crippen MR) is 138 cm³/mol. The van der Waals surface area contributed by atoms with E-state index in [-0.39, 0.29) is 17.0 Å². The molecule has 0 spiro atoms. The van der Waals surface area contributed by atoms with Crippen LogP contribution in [-0.2, 0) is 16.0 Å². The molecular formula is C28H33N3O4. The second-order valence-electron chi connectivity index (χ2n) is 9.75. The molecule has 2 aromatic rings. The maximum absolute atomic E-state index is 13.5. The summed E-state index contributed by atoms with van der Waals surface area (Å²) >= 11 is 0. The minimum absolute atomic E-state index is 0.00108. The number of nitrogens with one attached hydrogen (secondary N) is 1. The number of rotatable bonds is 5. The van der Waals surface area contributed by atoms with Crippen LogP contribution in [0.1, 0.15) is 63.6 Å². The fourth-order valence-electron chi connectivity index (χ4n) is 5.48. The van der Waals surface area contributed by atoms with E-state index >= 15 is 0 Å². The van der Waals surface area contributed by atoms with Crippen LogP contribution in [0, 0.1) is 0 Å². The fourth-order valence-corrected chi connectivity index (χ4v) is 5.48. The standard InChI is InChI=1S/C28H33N3O4/c1-7-18-11-9-10-12-22(18)31-26(33)21(25(32)29-27(31)34)14-19-13-20-17(3)16-28(4,5)30(8-2)23(20)15-24(19)35-6/h9-15,17H,7-8,16H2,1-6H3,(H,29,32,34)/b21-14-. The Morgan fingerprint density at radius 1 is 1.11 bits per heavy atom. The summed E-state index contributed by atoms with van der Waals surface area (Å²) in [5.74, 6) is -0.507. The van der Waals surface area contributed by atoms with Crippen LogP contribution in [-0.4, -0.2) is 37.0 Å². The Labute approximate surface area is 206 Å². The number of para-hydroxylation sites is 1. The first-order valence-corrected chi connectivity index (χ1v) is 12.1. The van der Waals surface area contributed by atoms with Crippen molar-refractivity contribution in [2.75, 3.05) is 23.5 Å². The minimum Gasteiger partial charge on any atom is -0.496 e. The number of nitrogens with zero attached hydrogens (tertiary/aromatic N) is 2. The zero-order valence-corrected chi connectivity index (χ0v) is 21.3. The molecule has 2 aliphatic rings. The van der Waals surface area contributed by atoms with Gasteiger partial charge in [-0.1, -0.05) is 32.0 Å². The predicted octanol–water partition coefficient (Wildman–Crippen LogP) is 5.04. The summed E-state index contributed by atoms with van der Waals surface area (Å²) in [5, 5.41) is 2.33. The van der Waals surface area contributed by atoms with E-state index in [1.165, 1.54) is 6.08 Å². The highest BCUT2D eigenvalue weighted by Gasteiger charge is 2.39. The van der Waals surface area contributed by atoms with Gasteiger partial charge in [0, 0.05) is 29.4 Å². The molecule has 4 amide bonds. The third-order valence-electron chi connectivity index (χ3n) is 7.07. The number of anilines is 2. The molecule has 7 heteroatoms. The summed E-state index contributed by atoms with van der Waals surface area (Å²) in [7, 11) is 1.58. The first-order valence-electron chi connectivity index (χ1n) is 12.1. The molecule has 2 aromatic carbocycles. The molecule has 1 N–H and O–H groups in total. The largest absolute Gasteiger partial charge is 0.496 e. The van der Waals surface area contributed by atoms with Crippen molar-refractivity contribution in [3.05, 3.63) is 58.7 Å². The molecule has 0 radical (unpaired) electrons. The van der Waals surface area contributed by atoms with E-state index in [1.807, 2.05) is 31.2 Å². The van der Waals surface area contributed by atoms with Gasteiger partial charge in [-0.05, 0) is 68.9 Å². The average molecular weight is 476 g/mol. The molecule has 1 unspecified atom stereocenters. The van der Waals surface area contributed by atoms with E-state index in [9.17, 15) is 14.4 Å². The van der Waals surface area contributed by atoms with Crippen molar-refractivity contribution in [3.8, 4) is 5.75 Å². The third-order valence-corrected chi connectivity index (χ3v) is 7.07. The van der Waals surface area contributed by atoms with Crippen molar-refractivity contribution >= 4 is 35.3 Å². The summed E-state index contributed by atoms with van der Waals surface area (Å²) in [5.41, 5.74) is 4.08. The van der Waals surface area contributed by atoms with Crippen molar-refractivity contribution in [1.29, 1.82) is 0 Å². The second kappa shape index (κ2) is 9.21. The Balaban J connectivity index is 1.82.